The molecule has 0 fully saturated rings. The molecule has 0 saturated carbocycles. The zero-order valence-corrected chi connectivity index (χ0v) is 13.3. The van der Waals surface area contributed by atoms with Crippen LogP contribution in [0.5, 0.6) is 11.5 Å². The number of ether oxygens (including phenoxy) is 2. The summed E-state index contributed by atoms with van der Waals surface area (Å²) in [5.74, 6) is -0.00597. The standard InChI is InChI=1S/C17H16ClNO4/c1-12-2-6-15(7-3-12)23-17(21)10-19-16(20)11-22-14-8-4-13(18)5-9-14/h2-9H,10-11H2,1H3,(H,19,20). The van der Waals surface area contributed by atoms with Crippen LogP contribution < -0.4 is 14.8 Å². The van der Waals surface area contributed by atoms with Gasteiger partial charge in [-0.2, -0.15) is 0 Å². The first-order valence-corrected chi connectivity index (χ1v) is 7.33. The fourth-order valence-electron chi connectivity index (χ4n) is 1.68. The predicted molar refractivity (Wildman–Crippen MR) is 86.8 cm³/mol. The molecule has 0 radical (unpaired) electrons. The van der Waals surface area contributed by atoms with Gasteiger partial charge in [-0.05, 0) is 43.3 Å². The first kappa shape index (κ1) is 16.8. The van der Waals surface area contributed by atoms with Crippen LogP contribution in [0.25, 0.3) is 0 Å². The van der Waals surface area contributed by atoms with Gasteiger partial charge in [0.1, 0.15) is 18.0 Å². The van der Waals surface area contributed by atoms with Crippen molar-refractivity contribution in [2.75, 3.05) is 13.2 Å². The van der Waals surface area contributed by atoms with Gasteiger partial charge >= 0.3 is 5.97 Å². The molecule has 0 aliphatic heterocycles. The lowest BCUT2D eigenvalue weighted by atomic mass is 10.2. The summed E-state index contributed by atoms with van der Waals surface area (Å²) in [4.78, 5) is 23.2. The van der Waals surface area contributed by atoms with Gasteiger partial charge in [0.2, 0.25) is 0 Å². The fourth-order valence-corrected chi connectivity index (χ4v) is 1.80. The van der Waals surface area contributed by atoms with E-state index >= 15 is 0 Å². The smallest absolute Gasteiger partial charge is 0.330 e. The molecule has 0 spiro atoms. The lowest BCUT2D eigenvalue weighted by Crippen LogP contribution is -2.35. The molecular formula is C17H16ClNO4. The molecule has 0 atom stereocenters. The third kappa shape index (κ3) is 6.00. The van der Waals surface area contributed by atoms with Crippen LogP contribution in [0.2, 0.25) is 5.02 Å². The third-order valence-electron chi connectivity index (χ3n) is 2.87. The van der Waals surface area contributed by atoms with Gasteiger partial charge in [-0.25, -0.2) is 4.79 Å². The summed E-state index contributed by atoms with van der Waals surface area (Å²) >= 11 is 5.75. The number of carbonyl (C=O) groups is 2. The van der Waals surface area contributed by atoms with E-state index in [-0.39, 0.29) is 13.2 Å². The molecule has 0 unspecified atom stereocenters. The molecule has 0 saturated heterocycles. The van der Waals surface area contributed by atoms with E-state index in [0.717, 1.165) is 5.56 Å². The molecule has 0 bridgehead atoms. The van der Waals surface area contributed by atoms with Crippen molar-refractivity contribution in [3.63, 3.8) is 0 Å². The Morgan fingerprint density at radius 2 is 1.61 bits per heavy atom. The predicted octanol–water partition coefficient (Wildman–Crippen LogP) is 2.75. The average Bonchev–Trinajstić information content (AvgIpc) is 2.54. The molecule has 2 aromatic carbocycles. The fraction of sp³-hybridized carbons (Fsp3) is 0.176. The van der Waals surface area contributed by atoms with Gasteiger partial charge in [-0.1, -0.05) is 29.3 Å². The second kappa shape index (κ2) is 8.19. The van der Waals surface area contributed by atoms with E-state index in [4.69, 9.17) is 21.1 Å². The topological polar surface area (TPSA) is 64.6 Å². The van der Waals surface area contributed by atoms with Crippen molar-refractivity contribution in [3.8, 4) is 11.5 Å². The maximum Gasteiger partial charge on any atom is 0.330 e. The Morgan fingerprint density at radius 1 is 1.00 bits per heavy atom. The van der Waals surface area contributed by atoms with Gasteiger partial charge in [0, 0.05) is 5.02 Å². The lowest BCUT2D eigenvalue weighted by Gasteiger charge is -2.08. The van der Waals surface area contributed by atoms with Crippen LogP contribution in [0.1, 0.15) is 5.56 Å². The molecule has 1 amide bonds. The van der Waals surface area contributed by atoms with Crippen LogP contribution in [-0.4, -0.2) is 25.0 Å². The Morgan fingerprint density at radius 3 is 2.26 bits per heavy atom. The molecular weight excluding hydrogens is 318 g/mol. The number of hydrogen-bond acceptors (Lipinski definition) is 4. The van der Waals surface area contributed by atoms with Crippen molar-refractivity contribution in [1.29, 1.82) is 0 Å². The lowest BCUT2D eigenvalue weighted by molar-refractivity contribution is -0.135. The molecule has 1 N–H and O–H groups in total. The largest absolute Gasteiger partial charge is 0.484 e. The Bertz CT molecular complexity index is 668. The number of halogens is 1. The van der Waals surface area contributed by atoms with Gasteiger partial charge in [-0.15, -0.1) is 0 Å². The van der Waals surface area contributed by atoms with E-state index in [2.05, 4.69) is 5.32 Å². The van der Waals surface area contributed by atoms with E-state index in [1.807, 2.05) is 19.1 Å². The molecule has 6 heteroatoms. The minimum absolute atomic E-state index is 0.195. The number of benzene rings is 2. The van der Waals surface area contributed by atoms with Crippen LogP contribution in [-0.2, 0) is 9.59 Å². The summed E-state index contributed by atoms with van der Waals surface area (Å²) < 4.78 is 10.4. The SMILES string of the molecule is Cc1ccc(OC(=O)CNC(=O)COc2ccc(Cl)cc2)cc1. The highest BCUT2D eigenvalue weighted by Crippen LogP contribution is 2.15. The molecule has 23 heavy (non-hydrogen) atoms. The summed E-state index contributed by atoms with van der Waals surface area (Å²) in [6.45, 7) is 1.52. The highest BCUT2D eigenvalue weighted by Gasteiger charge is 2.08. The minimum Gasteiger partial charge on any atom is -0.484 e. The van der Waals surface area contributed by atoms with Crippen LogP contribution in [0.15, 0.2) is 48.5 Å². The Balaban J connectivity index is 1.70. The number of aryl methyl sites for hydroxylation is 1. The van der Waals surface area contributed by atoms with Crippen molar-refractivity contribution >= 4 is 23.5 Å². The highest BCUT2D eigenvalue weighted by atomic mass is 35.5. The normalized spacial score (nSPS) is 10.0. The average molecular weight is 334 g/mol. The minimum atomic E-state index is -0.548. The Labute approximate surface area is 139 Å². The molecule has 0 aliphatic carbocycles. The number of carbonyl (C=O) groups excluding carboxylic acids is 2. The van der Waals surface area contributed by atoms with Crippen molar-refractivity contribution in [3.05, 3.63) is 59.1 Å². The van der Waals surface area contributed by atoms with Gasteiger partial charge in [0.25, 0.3) is 5.91 Å². The maximum absolute atomic E-state index is 11.6. The first-order chi connectivity index (χ1) is 11.0. The van der Waals surface area contributed by atoms with E-state index < -0.39 is 11.9 Å². The van der Waals surface area contributed by atoms with E-state index in [0.29, 0.717) is 16.5 Å². The molecule has 5 nitrogen and oxygen atoms in total. The molecule has 0 aliphatic rings. The number of rotatable bonds is 6. The second-order valence-electron chi connectivity index (χ2n) is 4.81. The van der Waals surface area contributed by atoms with E-state index in [9.17, 15) is 9.59 Å². The number of hydrogen-bond donors (Lipinski definition) is 1. The maximum atomic E-state index is 11.6. The quantitative estimate of drug-likeness (QED) is 0.652. The molecule has 120 valence electrons. The molecule has 0 heterocycles. The summed E-state index contributed by atoms with van der Waals surface area (Å²) in [5.41, 5.74) is 1.07. The summed E-state index contributed by atoms with van der Waals surface area (Å²) in [7, 11) is 0. The van der Waals surface area contributed by atoms with Crippen molar-refractivity contribution in [1.82, 2.24) is 5.32 Å². The number of nitrogens with one attached hydrogen (secondary N) is 1. The van der Waals surface area contributed by atoms with Crippen LogP contribution in [0, 0.1) is 6.92 Å². The van der Waals surface area contributed by atoms with Crippen LogP contribution >= 0.6 is 11.6 Å². The molecule has 2 rings (SSSR count). The van der Waals surface area contributed by atoms with Crippen molar-refractivity contribution < 1.29 is 19.1 Å². The van der Waals surface area contributed by atoms with Crippen molar-refractivity contribution in [2.24, 2.45) is 0 Å². The van der Waals surface area contributed by atoms with Gasteiger partial charge in [-0.3, -0.25) is 4.79 Å². The highest BCUT2D eigenvalue weighted by molar-refractivity contribution is 6.30. The van der Waals surface area contributed by atoms with E-state index in [1.165, 1.54) is 0 Å². The van der Waals surface area contributed by atoms with Gasteiger partial charge in [0.15, 0.2) is 6.61 Å². The second-order valence-corrected chi connectivity index (χ2v) is 5.24. The van der Waals surface area contributed by atoms with E-state index in [1.54, 1.807) is 36.4 Å². The number of amides is 1. The Hall–Kier alpha value is -2.53. The molecule has 0 aromatic heterocycles. The monoisotopic (exact) mass is 333 g/mol. The van der Waals surface area contributed by atoms with Crippen LogP contribution in [0.3, 0.4) is 0 Å². The van der Waals surface area contributed by atoms with Gasteiger partial charge < -0.3 is 14.8 Å². The first-order valence-electron chi connectivity index (χ1n) is 6.95. The number of esters is 1. The molecule has 2 aromatic rings. The zero-order valence-electron chi connectivity index (χ0n) is 12.5. The summed E-state index contributed by atoms with van der Waals surface area (Å²) in [5, 5.41) is 3.02. The summed E-state index contributed by atoms with van der Waals surface area (Å²) in [6.07, 6.45) is 0. The summed E-state index contributed by atoms with van der Waals surface area (Å²) in [6, 6.07) is 13.7. The van der Waals surface area contributed by atoms with Gasteiger partial charge in [0.05, 0.1) is 0 Å². The van der Waals surface area contributed by atoms with Crippen LogP contribution in [0.4, 0.5) is 0 Å². The third-order valence-corrected chi connectivity index (χ3v) is 3.12. The Kier molecular flexibility index (Phi) is 6.00. The zero-order chi connectivity index (χ0) is 16.7. The van der Waals surface area contributed by atoms with Crippen molar-refractivity contribution in [2.45, 2.75) is 6.92 Å².